The van der Waals surface area contributed by atoms with Crippen molar-refractivity contribution < 1.29 is 5.11 Å². The van der Waals surface area contributed by atoms with Gasteiger partial charge in [-0.05, 0) is 45.4 Å². The molecule has 1 fully saturated rings. The van der Waals surface area contributed by atoms with Crippen molar-refractivity contribution in [1.29, 1.82) is 0 Å². The minimum atomic E-state index is -0.121. The highest BCUT2D eigenvalue weighted by molar-refractivity contribution is 4.92. The van der Waals surface area contributed by atoms with E-state index in [1.165, 1.54) is 12.8 Å². The fraction of sp³-hybridized carbons (Fsp3) is 1.00. The van der Waals surface area contributed by atoms with Crippen LogP contribution in [-0.4, -0.2) is 34.2 Å². The molecule has 0 aliphatic carbocycles. The van der Waals surface area contributed by atoms with E-state index in [4.69, 9.17) is 0 Å². The number of nitrogens with zero attached hydrogens (tertiary/aromatic N) is 1. The van der Waals surface area contributed by atoms with Crippen molar-refractivity contribution >= 4 is 0 Å². The maximum Gasteiger partial charge on any atom is 0.0682 e. The fourth-order valence-corrected chi connectivity index (χ4v) is 2.59. The second-order valence-corrected chi connectivity index (χ2v) is 7.47. The Morgan fingerprint density at radius 1 is 1.12 bits per heavy atom. The first-order chi connectivity index (χ1) is 7.09. The van der Waals surface area contributed by atoms with Crippen molar-refractivity contribution in [1.82, 2.24) is 4.90 Å². The van der Waals surface area contributed by atoms with Crippen molar-refractivity contribution in [2.24, 2.45) is 5.41 Å². The molecule has 1 heterocycles. The minimum Gasteiger partial charge on any atom is -0.392 e. The van der Waals surface area contributed by atoms with Crippen molar-refractivity contribution in [3.63, 3.8) is 0 Å². The second kappa shape index (κ2) is 4.66. The van der Waals surface area contributed by atoms with E-state index >= 15 is 0 Å². The third-order valence-corrected chi connectivity index (χ3v) is 3.48. The number of rotatable bonds is 2. The molecule has 0 saturated carbocycles. The molecule has 96 valence electrons. The molecule has 1 rings (SSSR count). The van der Waals surface area contributed by atoms with E-state index in [-0.39, 0.29) is 11.6 Å². The molecule has 1 aliphatic heterocycles. The molecule has 0 spiro atoms. The van der Waals surface area contributed by atoms with Gasteiger partial charge in [0.15, 0.2) is 0 Å². The number of β-amino-alcohol motifs (C(OH)–C–C–N with tert-alkyl or cyclic N) is 1. The summed E-state index contributed by atoms with van der Waals surface area (Å²) >= 11 is 0. The van der Waals surface area contributed by atoms with E-state index in [0.717, 1.165) is 13.0 Å². The molecule has 2 heteroatoms. The van der Waals surface area contributed by atoms with Gasteiger partial charge in [0.05, 0.1) is 6.10 Å². The van der Waals surface area contributed by atoms with Gasteiger partial charge >= 0.3 is 0 Å². The fourth-order valence-electron chi connectivity index (χ4n) is 2.59. The Balaban J connectivity index is 2.57. The highest BCUT2D eigenvalue weighted by Crippen LogP contribution is 2.32. The van der Waals surface area contributed by atoms with Crippen molar-refractivity contribution in [2.45, 2.75) is 78.5 Å². The van der Waals surface area contributed by atoms with E-state index in [2.05, 4.69) is 46.4 Å². The van der Waals surface area contributed by atoms with Gasteiger partial charge in [-0.1, -0.05) is 20.8 Å². The van der Waals surface area contributed by atoms with Gasteiger partial charge in [-0.25, -0.2) is 0 Å². The zero-order valence-electron chi connectivity index (χ0n) is 11.9. The van der Waals surface area contributed by atoms with Crippen LogP contribution in [0.1, 0.15) is 60.8 Å². The lowest BCUT2D eigenvalue weighted by atomic mass is 9.87. The van der Waals surface area contributed by atoms with Gasteiger partial charge in [-0.15, -0.1) is 0 Å². The highest BCUT2D eigenvalue weighted by atomic mass is 16.3. The van der Waals surface area contributed by atoms with Crippen LogP contribution in [0.3, 0.4) is 0 Å². The number of hydrogen-bond donors (Lipinski definition) is 1. The summed E-state index contributed by atoms with van der Waals surface area (Å²) in [5, 5.41) is 9.82. The first-order valence-electron chi connectivity index (χ1n) is 6.54. The van der Waals surface area contributed by atoms with Gasteiger partial charge in [0.2, 0.25) is 0 Å². The standard InChI is InChI=1S/C14H29NO/c1-13(2,3)8-7-11-9-12(16)10-15(11)14(4,5)6/h11-12,16H,7-10H2,1-6H3. The summed E-state index contributed by atoms with van der Waals surface area (Å²) in [6.45, 7) is 14.5. The Morgan fingerprint density at radius 3 is 2.12 bits per heavy atom. The largest absolute Gasteiger partial charge is 0.392 e. The normalized spacial score (nSPS) is 28.7. The SMILES string of the molecule is CC(C)(C)CCC1CC(O)CN1C(C)(C)C. The van der Waals surface area contributed by atoms with Crippen LogP contribution >= 0.6 is 0 Å². The third kappa shape index (κ3) is 4.06. The Labute approximate surface area is 101 Å². The molecule has 16 heavy (non-hydrogen) atoms. The summed E-state index contributed by atoms with van der Waals surface area (Å²) < 4.78 is 0. The Morgan fingerprint density at radius 2 is 1.69 bits per heavy atom. The zero-order valence-corrected chi connectivity index (χ0v) is 11.9. The topological polar surface area (TPSA) is 23.5 Å². The first kappa shape index (κ1) is 14.0. The highest BCUT2D eigenvalue weighted by Gasteiger charge is 2.37. The van der Waals surface area contributed by atoms with E-state index in [0.29, 0.717) is 11.5 Å². The second-order valence-electron chi connectivity index (χ2n) is 7.47. The lowest BCUT2D eigenvalue weighted by molar-refractivity contribution is 0.0958. The summed E-state index contributed by atoms with van der Waals surface area (Å²) in [5.74, 6) is 0. The van der Waals surface area contributed by atoms with Gasteiger partial charge in [0.1, 0.15) is 0 Å². The number of aliphatic hydroxyl groups excluding tert-OH is 1. The molecular weight excluding hydrogens is 198 g/mol. The molecule has 1 saturated heterocycles. The molecule has 0 aromatic rings. The quantitative estimate of drug-likeness (QED) is 0.784. The van der Waals surface area contributed by atoms with E-state index < -0.39 is 0 Å². The summed E-state index contributed by atoms with van der Waals surface area (Å²) in [6.07, 6.45) is 3.27. The summed E-state index contributed by atoms with van der Waals surface area (Å²) in [4.78, 5) is 2.48. The van der Waals surface area contributed by atoms with Gasteiger partial charge in [-0.2, -0.15) is 0 Å². The monoisotopic (exact) mass is 227 g/mol. The van der Waals surface area contributed by atoms with E-state index in [1.54, 1.807) is 0 Å². The predicted octanol–water partition coefficient (Wildman–Crippen LogP) is 3.05. The van der Waals surface area contributed by atoms with Crippen LogP contribution in [0.15, 0.2) is 0 Å². The van der Waals surface area contributed by atoms with Crippen LogP contribution in [0.5, 0.6) is 0 Å². The van der Waals surface area contributed by atoms with Crippen LogP contribution in [0, 0.1) is 5.41 Å². The van der Waals surface area contributed by atoms with Crippen LogP contribution in [0.2, 0.25) is 0 Å². The number of likely N-dealkylation sites (tertiary alicyclic amines) is 1. The molecule has 1 aliphatic rings. The first-order valence-corrected chi connectivity index (χ1v) is 6.54. The van der Waals surface area contributed by atoms with Crippen LogP contribution < -0.4 is 0 Å². The average Bonchev–Trinajstić information content (AvgIpc) is 2.41. The lowest BCUT2D eigenvalue weighted by Crippen LogP contribution is -2.45. The third-order valence-electron chi connectivity index (χ3n) is 3.48. The summed E-state index contributed by atoms with van der Waals surface area (Å²) in [5.41, 5.74) is 0.580. The molecule has 0 bridgehead atoms. The molecule has 0 aromatic heterocycles. The lowest BCUT2D eigenvalue weighted by Gasteiger charge is -2.37. The van der Waals surface area contributed by atoms with Crippen LogP contribution in [-0.2, 0) is 0 Å². The summed E-state index contributed by atoms with van der Waals surface area (Å²) in [6, 6.07) is 0.564. The van der Waals surface area contributed by atoms with E-state index in [9.17, 15) is 5.11 Å². The van der Waals surface area contributed by atoms with Crippen molar-refractivity contribution in [3.05, 3.63) is 0 Å². The zero-order chi connectivity index (χ0) is 12.6. The molecule has 0 amide bonds. The Bertz CT molecular complexity index is 224. The maximum absolute atomic E-state index is 9.82. The molecule has 1 N–H and O–H groups in total. The number of hydrogen-bond acceptors (Lipinski definition) is 2. The van der Waals surface area contributed by atoms with Gasteiger partial charge in [0, 0.05) is 18.1 Å². The van der Waals surface area contributed by atoms with Crippen molar-refractivity contribution in [2.75, 3.05) is 6.54 Å². The average molecular weight is 227 g/mol. The summed E-state index contributed by atoms with van der Waals surface area (Å²) in [7, 11) is 0. The van der Waals surface area contributed by atoms with Gasteiger partial charge in [-0.3, -0.25) is 4.90 Å². The minimum absolute atomic E-state index is 0.121. The molecule has 2 atom stereocenters. The molecule has 0 radical (unpaired) electrons. The molecule has 2 unspecified atom stereocenters. The van der Waals surface area contributed by atoms with E-state index in [1.807, 2.05) is 0 Å². The molecular formula is C14H29NO. The molecule has 0 aromatic carbocycles. The number of aliphatic hydroxyl groups is 1. The Hall–Kier alpha value is -0.0800. The maximum atomic E-state index is 9.82. The Kier molecular flexibility index (Phi) is 4.07. The van der Waals surface area contributed by atoms with Crippen molar-refractivity contribution in [3.8, 4) is 0 Å². The van der Waals surface area contributed by atoms with Crippen LogP contribution in [0.4, 0.5) is 0 Å². The van der Waals surface area contributed by atoms with Gasteiger partial charge in [0.25, 0.3) is 0 Å². The predicted molar refractivity (Wildman–Crippen MR) is 69.6 cm³/mol. The van der Waals surface area contributed by atoms with Crippen LogP contribution in [0.25, 0.3) is 0 Å². The smallest absolute Gasteiger partial charge is 0.0682 e. The van der Waals surface area contributed by atoms with Gasteiger partial charge < -0.3 is 5.11 Å². The molecule has 2 nitrogen and oxygen atoms in total.